The molecule has 3 N–H and O–H groups in total. The first-order valence-electron chi connectivity index (χ1n) is 14.2. The first kappa shape index (κ1) is 34.6. The van der Waals surface area contributed by atoms with Gasteiger partial charge in [0.15, 0.2) is 0 Å². The summed E-state index contributed by atoms with van der Waals surface area (Å²) in [5, 5.41) is 13.0. The molecule has 0 aliphatic carbocycles. The molecule has 0 rings (SSSR count). The van der Waals surface area contributed by atoms with E-state index in [0.717, 1.165) is 64.2 Å². The van der Waals surface area contributed by atoms with Gasteiger partial charge < -0.3 is 10.4 Å². The van der Waals surface area contributed by atoms with Crippen molar-refractivity contribution < 1.29 is 22.9 Å². The molecule has 210 valence electrons. The number of amides is 1. The van der Waals surface area contributed by atoms with Gasteiger partial charge in [-0.25, -0.2) is 0 Å². The lowest BCUT2D eigenvalue weighted by molar-refractivity contribution is -0.122. The lowest BCUT2D eigenvalue weighted by atomic mass is 10.1. The Kier molecular flexibility index (Phi) is 23.0. The van der Waals surface area contributed by atoms with Crippen LogP contribution in [0.5, 0.6) is 0 Å². The number of hydrogen-bond acceptors (Lipinski definition) is 4. The lowest BCUT2D eigenvalue weighted by Gasteiger charge is -2.21. The Morgan fingerprint density at radius 2 is 1.31 bits per heavy atom. The van der Waals surface area contributed by atoms with Gasteiger partial charge in [0.25, 0.3) is 10.1 Å². The molecule has 1 amide bonds. The minimum Gasteiger partial charge on any atom is -0.387 e. The highest BCUT2D eigenvalue weighted by atomic mass is 32.2. The SMILES string of the molecule is CCC/C=C\C/C=C\CCCCCCCC(=O)NC(CS(=O)(=O)O)C(O)/C=C/CCCCCCCC. The molecule has 0 aromatic rings. The van der Waals surface area contributed by atoms with E-state index in [2.05, 4.69) is 43.5 Å². The highest BCUT2D eigenvalue weighted by molar-refractivity contribution is 7.85. The van der Waals surface area contributed by atoms with Gasteiger partial charge in [0.1, 0.15) is 0 Å². The van der Waals surface area contributed by atoms with Crippen molar-refractivity contribution in [3.63, 3.8) is 0 Å². The molecule has 6 nitrogen and oxygen atoms in total. The molecular formula is C29H53NO5S. The van der Waals surface area contributed by atoms with Crippen LogP contribution in [-0.2, 0) is 14.9 Å². The Hall–Kier alpha value is -1.44. The van der Waals surface area contributed by atoms with Crippen molar-refractivity contribution in [2.45, 2.75) is 135 Å². The minimum atomic E-state index is -4.33. The van der Waals surface area contributed by atoms with Crippen LogP contribution in [-0.4, -0.2) is 41.9 Å². The van der Waals surface area contributed by atoms with Crippen LogP contribution >= 0.6 is 0 Å². The summed E-state index contributed by atoms with van der Waals surface area (Å²) in [5.41, 5.74) is 0. The molecule has 0 bridgehead atoms. The second-order valence-electron chi connectivity index (χ2n) is 9.67. The second kappa shape index (κ2) is 23.9. The van der Waals surface area contributed by atoms with E-state index in [9.17, 15) is 22.9 Å². The van der Waals surface area contributed by atoms with E-state index in [1.807, 2.05) is 6.08 Å². The van der Waals surface area contributed by atoms with Gasteiger partial charge in [-0.3, -0.25) is 9.35 Å². The van der Waals surface area contributed by atoms with E-state index in [1.54, 1.807) is 0 Å². The zero-order valence-electron chi connectivity index (χ0n) is 22.9. The lowest BCUT2D eigenvalue weighted by Crippen LogP contribution is -2.46. The molecule has 0 heterocycles. The fraction of sp³-hybridized carbons (Fsp3) is 0.759. The summed E-state index contributed by atoms with van der Waals surface area (Å²) in [4.78, 5) is 12.3. The van der Waals surface area contributed by atoms with Crippen LogP contribution in [0.15, 0.2) is 36.5 Å². The van der Waals surface area contributed by atoms with Gasteiger partial charge in [-0.2, -0.15) is 8.42 Å². The van der Waals surface area contributed by atoms with Gasteiger partial charge in [-0.05, 0) is 44.9 Å². The van der Waals surface area contributed by atoms with E-state index in [1.165, 1.54) is 38.2 Å². The Morgan fingerprint density at radius 3 is 1.92 bits per heavy atom. The van der Waals surface area contributed by atoms with Gasteiger partial charge in [-0.15, -0.1) is 0 Å². The maximum Gasteiger partial charge on any atom is 0.267 e. The molecule has 0 saturated heterocycles. The zero-order valence-corrected chi connectivity index (χ0v) is 23.7. The topological polar surface area (TPSA) is 104 Å². The molecule has 0 aliphatic rings. The van der Waals surface area contributed by atoms with E-state index in [-0.39, 0.29) is 12.3 Å². The molecule has 0 fully saturated rings. The Bertz CT molecular complexity index is 715. The van der Waals surface area contributed by atoms with Crippen molar-refractivity contribution in [1.82, 2.24) is 5.32 Å². The third kappa shape index (κ3) is 24.3. The molecule has 2 unspecified atom stereocenters. The smallest absolute Gasteiger partial charge is 0.267 e. The maximum absolute atomic E-state index is 12.3. The van der Waals surface area contributed by atoms with Gasteiger partial charge in [0.05, 0.1) is 17.9 Å². The average Bonchev–Trinajstić information content (AvgIpc) is 2.82. The molecule has 0 radical (unpaired) electrons. The molecule has 0 spiro atoms. The monoisotopic (exact) mass is 527 g/mol. The number of nitrogens with one attached hydrogen (secondary N) is 1. The maximum atomic E-state index is 12.3. The van der Waals surface area contributed by atoms with Gasteiger partial charge in [0.2, 0.25) is 5.91 Å². The number of rotatable bonds is 24. The highest BCUT2D eigenvalue weighted by Gasteiger charge is 2.24. The second-order valence-corrected chi connectivity index (χ2v) is 11.2. The van der Waals surface area contributed by atoms with Gasteiger partial charge in [-0.1, -0.05) is 108 Å². The number of aliphatic hydroxyl groups is 1. The summed E-state index contributed by atoms with van der Waals surface area (Å²) in [6.45, 7) is 4.36. The molecule has 0 aliphatic heterocycles. The van der Waals surface area contributed by atoms with Crippen LogP contribution < -0.4 is 5.32 Å². The van der Waals surface area contributed by atoms with Crippen LogP contribution in [0.25, 0.3) is 0 Å². The van der Waals surface area contributed by atoms with Crippen molar-refractivity contribution in [1.29, 1.82) is 0 Å². The quantitative estimate of drug-likeness (QED) is 0.0708. The first-order chi connectivity index (χ1) is 17.3. The van der Waals surface area contributed by atoms with E-state index < -0.39 is 28.0 Å². The number of aliphatic hydroxyl groups excluding tert-OH is 1. The predicted octanol–water partition coefficient (Wildman–Crippen LogP) is 7.06. The summed E-state index contributed by atoms with van der Waals surface area (Å²) in [7, 11) is -4.33. The van der Waals surface area contributed by atoms with E-state index in [4.69, 9.17) is 0 Å². The number of carbonyl (C=O) groups excluding carboxylic acids is 1. The molecule has 0 aromatic carbocycles. The Balaban J connectivity index is 4.15. The summed E-state index contributed by atoms with van der Waals surface area (Å²) < 4.78 is 32.0. The molecule has 0 aromatic heterocycles. The summed E-state index contributed by atoms with van der Waals surface area (Å²) in [6.07, 6.45) is 28.5. The van der Waals surface area contributed by atoms with Gasteiger partial charge >= 0.3 is 0 Å². The Morgan fingerprint density at radius 1 is 0.750 bits per heavy atom. The van der Waals surface area contributed by atoms with E-state index in [0.29, 0.717) is 6.42 Å². The molecule has 2 atom stereocenters. The molecule has 7 heteroatoms. The van der Waals surface area contributed by atoms with Crippen LogP contribution in [0.4, 0.5) is 0 Å². The molecule has 36 heavy (non-hydrogen) atoms. The van der Waals surface area contributed by atoms with Crippen LogP contribution in [0, 0.1) is 0 Å². The normalized spacial score (nSPS) is 14.2. The minimum absolute atomic E-state index is 0.278. The first-order valence-corrected chi connectivity index (χ1v) is 15.8. The zero-order chi connectivity index (χ0) is 26.9. The van der Waals surface area contributed by atoms with Crippen LogP contribution in [0.3, 0.4) is 0 Å². The summed E-state index contributed by atoms with van der Waals surface area (Å²) in [5.74, 6) is -1.01. The number of carbonyl (C=O) groups is 1. The fourth-order valence-corrected chi connectivity index (χ4v) is 4.63. The predicted molar refractivity (Wildman–Crippen MR) is 152 cm³/mol. The van der Waals surface area contributed by atoms with Crippen molar-refractivity contribution >= 4 is 16.0 Å². The molecule has 0 saturated carbocycles. The van der Waals surface area contributed by atoms with Crippen molar-refractivity contribution in [3.8, 4) is 0 Å². The van der Waals surface area contributed by atoms with E-state index >= 15 is 0 Å². The van der Waals surface area contributed by atoms with Crippen molar-refractivity contribution in [3.05, 3.63) is 36.5 Å². The van der Waals surface area contributed by atoms with Crippen LogP contribution in [0.2, 0.25) is 0 Å². The summed E-state index contributed by atoms with van der Waals surface area (Å²) in [6, 6.07) is -1.06. The molecular weight excluding hydrogens is 474 g/mol. The van der Waals surface area contributed by atoms with Crippen molar-refractivity contribution in [2.75, 3.05) is 5.75 Å². The summed E-state index contributed by atoms with van der Waals surface area (Å²) >= 11 is 0. The van der Waals surface area contributed by atoms with Crippen molar-refractivity contribution in [2.24, 2.45) is 0 Å². The number of unbranched alkanes of at least 4 members (excludes halogenated alkanes) is 12. The van der Waals surface area contributed by atoms with Gasteiger partial charge in [0, 0.05) is 6.42 Å². The standard InChI is InChI=1S/C29H53NO5S/c1-3-5-7-9-11-13-14-15-16-17-19-21-23-25-29(32)30-27(26-36(33,34)35)28(31)24-22-20-18-12-10-8-6-4-2/h7,9,13-14,22,24,27-28,31H,3-6,8,10-12,15-21,23,25-26H2,1-2H3,(H,30,32)(H,33,34,35)/b9-7-,14-13-,24-22+. The largest absolute Gasteiger partial charge is 0.387 e. The fourth-order valence-electron chi connectivity index (χ4n) is 3.90. The average molecular weight is 528 g/mol. The third-order valence-corrected chi connectivity index (χ3v) is 6.82. The third-order valence-electron chi connectivity index (χ3n) is 6.04. The van der Waals surface area contributed by atoms with Crippen LogP contribution in [0.1, 0.15) is 123 Å². The Labute approximate surface area is 221 Å². The number of hydrogen-bond donors (Lipinski definition) is 3. The number of allylic oxidation sites excluding steroid dienone is 5. The highest BCUT2D eigenvalue weighted by Crippen LogP contribution is 2.10.